The van der Waals surface area contributed by atoms with Gasteiger partial charge < -0.3 is 10.1 Å². The van der Waals surface area contributed by atoms with Crippen LogP contribution in [0.2, 0.25) is 0 Å². The Hall–Kier alpha value is -2.86. The Balaban J connectivity index is 1.40. The summed E-state index contributed by atoms with van der Waals surface area (Å²) in [5.74, 6) is -1.63. The normalized spacial score (nSPS) is 16.0. The molecule has 1 N–H and O–H groups in total. The lowest BCUT2D eigenvalue weighted by Crippen LogP contribution is -2.26. The van der Waals surface area contributed by atoms with Crippen molar-refractivity contribution in [2.45, 2.75) is 31.8 Å². The summed E-state index contributed by atoms with van der Waals surface area (Å²) in [5.41, 5.74) is 3.23. The second-order valence-electron chi connectivity index (χ2n) is 6.51. The minimum absolute atomic E-state index is 0.209. The van der Waals surface area contributed by atoms with E-state index in [-0.39, 0.29) is 11.8 Å². The van der Waals surface area contributed by atoms with Gasteiger partial charge in [-0.15, -0.1) is 0 Å². The molecular weight excluding hydrogens is 348 g/mol. The molecule has 6 heteroatoms. The van der Waals surface area contributed by atoms with Gasteiger partial charge in [0.25, 0.3) is 0 Å². The Bertz CT molecular complexity index is 911. The summed E-state index contributed by atoms with van der Waals surface area (Å²) in [5, 5.41) is 3.50. The minimum Gasteiger partial charge on any atom is -0.450 e. The molecule has 0 fully saturated rings. The van der Waals surface area contributed by atoms with Crippen LogP contribution in [0.15, 0.2) is 54.9 Å². The average Bonchev–Trinajstić information content (AvgIpc) is 2.70. The Kier molecular flexibility index (Phi) is 5.07. The number of halogens is 2. The molecule has 1 unspecified atom stereocenters. The van der Waals surface area contributed by atoms with Crippen molar-refractivity contribution in [1.82, 2.24) is 15.3 Å². The van der Waals surface area contributed by atoms with Crippen molar-refractivity contribution in [2.24, 2.45) is 0 Å². The van der Waals surface area contributed by atoms with Gasteiger partial charge in [0, 0.05) is 12.7 Å². The molecule has 1 atom stereocenters. The van der Waals surface area contributed by atoms with Crippen molar-refractivity contribution < 1.29 is 13.5 Å². The molecule has 0 saturated carbocycles. The van der Waals surface area contributed by atoms with Crippen molar-refractivity contribution >= 4 is 0 Å². The van der Waals surface area contributed by atoms with Crippen LogP contribution in [-0.2, 0) is 13.0 Å². The van der Waals surface area contributed by atoms with Crippen LogP contribution in [0.25, 0.3) is 0 Å². The molecule has 138 valence electrons. The fourth-order valence-corrected chi connectivity index (χ4v) is 3.31. The van der Waals surface area contributed by atoms with Crippen LogP contribution in [0.1, 0.15) is 35.8 Å². The Morgan fingerprint density at radius 1 is 1.04 bits per heavy atom. The quantitative estimate of drug-likeness (QED) is 0.709. The zero-order valence-corrected chi connectivity index (χ0v) is 14.7. The topological polar surface area (TPSA) is 47.0 Å². The van der Waals surface area contributed by atoms with Gasteiger partial charge in [-0.1, -0.05) is 12.1 Å². The van der Waals surface area contributed by atoms with Gasteiger partial charge in [0.15, 0.2) is 17.4 Å². The highest BCUT2D eigenvalue weighted by Crippen LogP contribution is 2.29. The van der Waals surface area contributed by atoms with E-state index in [1.54, 1.807) is 12.1 Å². The zero-order chi connectivity index (χ0) is 18.6. The third-order valence-electron chi connectivity index (χ3n) is 4.66. The van der Waals surface area contributed by atoms with Gasteiger partial charge in [-0.25, -0.2) is 8.78 Å². The Morgan fingerprint density at radius 2 is 1.89 bits per heavy atom. The number of ether oxygens (including phenoxy) is 1. The van der Waals surface area contributed by atoms with Crippen molar-refractivity contribution in [3.8, 4) is 11.5 Å². The van der Waals surface area contributed by atoms with Gasteiger partial charge in [0.05, 0.1) is 23.6 Å². The zero-order valence-electron chi connectivity index (χ0n) is 14.7. The second kappa shape index (κ2) is 7.80. The number of aryl methyl sites for hydroxylation is 1. The number of aromatic nitrogens is 2. The number of benzene rings is 1. The molecule has 1 aliphatic carbocycles. The van der Waals surface area contributed by atoms with Crippen LogP contribution in [0.4, 0.5) is 8.78 Å². The molecule has 0 saturated heterocycles. The summed E-state index contributed by atoms with van der Waals surface area (Å²) in [7, 11) is 0. The highest BCUT2D eigenvalue weighted by Gasteiger charge is 2.20. The smallest absolute Gasteiger partial charge is 0.198 e. The van der Waals surface area contributed by atoms with Crippen LogP contribution < -0.4 is 10.1 Å². The third kappa shape index (κ3) is 3.95. The van der Waals surface area contributed by atoms with Crippen molar-refractivity contribution in [3.63, 3.8) is 0 Å². The first-order valence-corrected chi connectivity index (χ1v) is 8.94. The van der Waals surface area contributed by atoms with Gasteiger partial charge in [0.2, 0.25) is 0 Å². The minimum atomic E-state index is -0.746. The molecule has 1 aliphatic rings. The number of hydrogen-bond acceptors (Lipinski definition) is 4. The highest BCUT2D eigenvalue weighted by molar-refractivity contribution is 5.32. The maximum absolute atomic E-state index is 13.7. The van der Waals surface area contributed by atoms with E-state index in [0.717, 1.165) is 42.8 Å². The van der Waals surface area contributed by atoms with E-state index in [1.807, 2.05) is 12.3 Å². The molecule has 2 aromatic heterocycles. The Labute approximate surface area is 156 Å². The van der Waals surface area contributed by atoms with Crippen LogP contribution in [-0.4, -0.2) is 9.97 Å². The molecule has 0 spiro atoms. The van der Waals surface area contributed by atoms with E-state index in [0.29, 0.717) is 6.54 Å². The predicted octanol–water partition coefficient (Wildman–Crippen LogP) is 4.71. The number of nitrogens with one attached hydrogen (secondary N) is 1. The van der Waals surface area contributed by atoms with E-state index in [1.165, 1.54) is 17.8 Å². The van der Waals surface area contributed by atoms with Crippen molar-refractivity contribution in [3.05, 3.63) is 83.4 Å². The van der Waals surface area contributed by atoms with E-state index in [2.05, 4.69) is 21.4 Å². The largest absolute Gasteiger partial charge is 0.450 e. The van der Waals surface area contributed by atoms with Crippen molar-refractivity contribution in [1.29, 1.82) is 0 Å². The van der Waals surface area contributed by atoms with Crippen LogP contribution in [0.3, 0.4) is 0 Å². The molecule has 0 radical (unpaired) electrons. The van der Waals surface area contributed by atoms with Crippen LogP contribution >= 0.6 is 0 Å². The first-order chi connectivity index (χ1) is 13.2. The lowest BCUT2D eigenvalue weighted by atomic mass is 9.92. The second-order valence-corrected chi connectivity index (χ2v) is 6.51. The van der Waals surface area contributed by atoms with E-state index in [4.69, 9.17) is 4.74 Å². The van der Waals surface area contributed by atoms with Gasteiger partial charge in [-0.05, 0) is 55.2 Å². The SMILES string of the molecule is Fc1cccc(F)c1Oc1ccc(CNC2CCCc3cccnc32)nc1. The van der Waals surface area contributed by atoms with E-state index in [9.17, 15) is 8.78 Å². The van der Waals surface area contributed by atoms with Crippen LogP contribution in [0.5, 0.6) is 11.5 Å². The fraction of sp³-hybridized carbons (Fsp3) is 0.238. The summed E-state index contributed by atoms with van der Waals surface area (Å²) in [6, 6.07) is 11.3. The number of fused-ring (bicyclic) bond motifs is 1. The average molecular weight is 367 g/mol. The number of para-hydroxylation sites is 1. The van der Waals surface area contributed by atoms with E-state index < -0.39 is 17.4 Å². The summed E-state index contributed by atoms with van der Waals surface area (Å²) in [4.78, 5) is 8.84. The van der Waals surface area contributed by atoms with Crippen molar-refractivity contribution in [2.75, 3.05) is 0 Å². The molecule has 4 nitrogen and oxygen atoms in total. The molecule has 4 rings (SSSR count). The van der Waals surface area contributed by atoms with E-state index >= 15 is 0 Å². The molecule has 1 aromatic carbocycles. The summed E-state index contributed by atoms with van der Waals surface area (Å²) < 4.78 is 32.6. The maximum Gasteiger partial charge on any atom is 0.198 e. The lowest BCUT2D eigenvalue weighted by Gasteiger charge is -2.25. The molecule has 3 aromatic rings. The van der Waals surface area contributed by atoms with Gasteiger partial charge in [-0.3, -0.25) is 9.97 Å². The summed E-state index contributed by atoms with van der Waals surface area (Å²) in [6.45, 7) is 0.578. The Morgan fingerprint density at radius 3 is 2.67 bits per heavy atom. The third-order valence-corrected chi connectivity index (χ3v) is 4.66. The molecule has 2 heterocycles. The first kappa shape index (κ1) is 17.5. The molecule has 27 heavy (non-hydrogen) atoms. The monoisotopic (exact) mass is 367 g/mol. The summed E-state index contributed by atoms with van der Waals surface area (Å²) in [6.07, 6.45) is 6.53. The fourth-order valence-electron chi connectivity index (χ4n) is 3.31. The first-order valence-electron chi connectivity index (χ1n) is 8.94. The van der Waals surface area contributed by atoms with Gasteiger partial charge >= 0.3 is 0 Å². The number of hydrogen-bond donors (Lipinski definition) is 1. The summed E-state index contributed by atoms with van der Waals surface area (Å²) >= 11 is 0. The number of nitrogens with zero attached hydrogens (tertiary/aromatic N) is 2. The van der Waals surface area contributed by atoms with Gasteiger partial charge in [-0.2, -0.15) is 0 Å². The molecule has 0 amide bonds. The molecule has 0 bridgehead atoms. The maximum atomic E-state index is 13.7. The number of pyridine rings is 2. The number of rotatable bonds is 5. The molecular formula is C21H19F2N3O. The lowest BCUT2D eigenvalue weighted by molar-refractivity contribution is 0.405. The molecule has 0 aliphatic heterocycles. The predicted molar refractivity (Wildman–Crippen MR) is 97.4 cm³/mol. The highest BCUT2D eigenvalue weighted by atomic mass is 19.1. The standard InChI is InChI=1S/C21H19F2N3O/c22-17-6-2-7-18(23)21(17)27-16-10-9-15(25-13-16)12-26-19-8-1-4-14-5-3-11-24-20(14)19/h2-3,5-7,9-11,13,19,26H,1,4,8,12H2. The van der Waals surface area contributed by atoms with Crippen LogP contribution in [0, 0.1) is 11.6 Å². The van der Waals surface area contributed by atoms with Gasteiger partial charge in [0.1, 0.15) is 5.75 Å².